The van der Waals surface area contributed by atoms with Crippen LogP contribution < -0.4 is 20.8 Å². The first-order chi connectivity index (χ1) is 15.8. The number of nitrogens with one attached hydrogen (secondary N) is 1. The molecule has 0 saturated heterocycles. The van der Waals surface area contributed by atoms with E-state index in [2.05, 4.69) is 5.32 Å². The number of hydrogen-bond donors (Lipinski definition) is 1. The van der Waals surface area contributed by atoms with Crippen LogP contribution in [0, 0.1) is 6.92 Å². The average molecular weight is 465 g/mol. The van der Waals surface area contributed by atoms with Crippen LogP contribution >= 0.6 is 11.6 Å². The first-order valence-corrected chi connectivity index (χ1v) is 10.5. The third-order valence-corrected chi connectivity index (χ3v) is 5.57. The van der Waals surface area contributed by atoms with Gasteiger partial charge >= 0.3 is 5.63 Å². The van der Waals surface area contributed by atoms with Crippen molar-refractivity contribution >= 4 is 45.2 Å². The number of halogens is 1. The Morgan fingerprint density at radius 1 is 1.03 bits per heavy atom. The maximum atomic E-state index is 12.4. The Balaban J connectivity index is 1.49. The topological polar surface area (TPSA) is 109 Å². The highest BCUT2D eigenvalue weighted by Gasteiger charge is 2.17. The molecule has 4 aromatic rings. The molecule has 0 unspecified atom stereocenters. The lowest BCUT2D eigenvalue weighted by atomic mass is 10.0. The van der Waals surface area contributed by atoms with Crippen molar-refractivity contribution in [1.29, 1.82) is 0 Å². The Bertz CT molecular complexity index is 1410. The van der Waals surface area contributed by atoms with Crippen LogP contribution in [-0.2, 0) is 16.0 Å². The maximum absolute atomic E-state index is 12.4. The highest BCUT2D eigenvalue weighted by molar-refractivity contribution is 6.30. The third kappa shape index (κ3) is 4.83. The van der Waals surface area contributed by atoms with Gasteiger partial charge in [-0.2, -0.15) is 0 Å². The van der Waals surface area contributed by atoms with Gasteiger partial charge in [-0.1, -0.05) is 41.9 Å². The summed E-state index contributed by atoms with van der Waals surface area (Å²) in [5.74, 6) is -1.69. The van der Waals surface area contributed by atoms with Gasteiger partial charge in [0.1, 0.15) is 11.3 Å². The van der Waals surface area contributed by atoms with Gasteiger partial charge in [0.25, 0.3) is 5.91 Å². The van der Waals surface area contributed by atoms with E-state index in [-0.39, 0.29) is 6.42 Å². The van der Waals surface area contributed by atoms with Gasteiger partial charge in [0, 0.05) is 16.0 Å². The minimum Gasteiger partial charge on any atom is -0.548 e. The van der Waals surface area contributed by atoms with E-state index in [0.717, 1.165) is 10.8 Å². The summed E-state index contributed by atoms with van der Waals surface area (Å²) in [7, 11) is 0. The predicted molar refractivity (Wildman–Crippen MR) is 122 cm³/mol. The lowest BCUT2D eigenvalue weighted by Crippen LogP contribution is -2.50. The maximum Gasteiger partial charge on any atom is 0.344 e. The summed E-state index contributed by atoms with van der Waals surface area (Å²) in [5.41, 5.74) is 1.14. The number of carbonyl (C=O) groups is 2. The summed E-state index contributed by atoms with van der Waals surface area (Å²) in [6.45, 7) is 1.30. The second kappa shape index (κ2) is 9.34. The molecule has 0 saturated carbocycles. The Hall–Kier alpha value is -3.84. The Kier molecular flexibility index (Phi) is 6.33. The number of amides is 1. The quantitative estimate of drug-likeness (QED) is 0.333. The SMILES string of the molecule is Cc1c(OCC(=O)N[C@H](Cc2ccc(Cl)cc2)C(=O)[O-])ccc2c1oc(=O)c1ccccc12. The summed E-state index contributed by atoms with van der Waals surface area (Å²) in [5, 5.41) is 16.4. The van der Waals surface area contributed by atoms with Crippen LogP contribution in [0.3, 0.4) is 0 Å². The van der Waals surface area contributed by atoms with Crippen molar-refractivity contribution in [1.82, 2.24) is 5.32 Å². The van der Waals surface area contributed by atoms with Crippen LogP contribution in [0.5, 0.6) is 5.75 Å². The highest BCUT2D eigenvalue weighted by atomic mass is 35.5. The first kappa shape index (κ1) is 22.4. The smallest absolute Gasteiger partial charge is 0.344 e. The van der Waals surface area contributed by atoms with Crippen molar-refractivity contribution in [2.75, 3.05) is 6.61 Å². The van der Waals surface area contributed by atoms with E-state index in [1.165, 1.54) is 0 Å². The van der Waals surface area contributed by atoms with Crippen LogP contribution in [0.4, 0.5) is 0 Å². The molecule has 0 aliphatic carbocycles. The van der Waals surface area contributed by atoms with E-state index < -0.39 is 30.2 Å². The zero-order valence-corrected chi connectivity index (χ0v) is 18.3. The fraction of sp³-hybridized carbons (Fsp3) is 0.160. The molecular formula is C25H19ClNO6-. The standard InChI is InChI=1S/C25H20ClNO6/c1-14-21(11-10-18-17-4-2-3-5-19(17)25(31)33-23(14)18)32-13-22(28)27-20(24(29)30)12-15-6-8-16(26)9-7-15/h2-11,20H,12-13H2,1H3,(H,27,28)(H,29,30)/p-1/t20-/m1/s1. The molecular weight excluding hydrogens is 446 g/mol. The summed E-state index contributed by atoms with van der Waals surface area (Å²) in [6.07, 6.45) is 0.0402. The molecule has 0 fully saturated rings. The second-order valence-electron chi connectivity index (χ2n) is 7.56. The molecule has 1 amide bonds. The number of aliphatic carboxylic acids is 1. The molecule has 7 nitrogen and oxygen atoms in total. The number of carbonyl (C=O) groups excluding carboxylic acids is 2. The highest BCUT2D eigenvalue weighted by Crippen LogP contribution is 2.30. The normalized spacial score (nSPS) is 11.9. The van der Waals surface area contributed by atoms with E-state index in [1.807, 2.05) is 12.1 Å². The van der Waals surface area contributed by atoms with Crippen molar-refractivity contribution in [3.63, 3.8) is 0 Å². The summed E-state index contributed by atoms with van der Waals surface area (Å²) in [4.78, 5) is 36.2. The molecule has 1 atom stereocenters. The first-order valence-electron chi connectivity index (χ1n) is 10.2. The van der Waals surface area contributed by atoms with Crippen LogP contribution in [0.25, 0.3) is 21.7 Å². The van der Waals surface area contributed by atoms with E-state index in [1.54, 1.807) is 55.5 Å². The average Bonchev–Trinajstić information content (AvgIpc) is 2.80. The Morgan fingerprint density at radius 3 is 2.42 bits per heavy atom. The fourth-order valence-electron chi connectivity index (χ4n) is 3.65. The molecule has 0 spiro atoms. The molecule has 168 valence electrons. The molecule has 0 aliphatic heterocycles. The Morgan fingerprint density at radius 2 is 1.73 bits per heavy atom. The van der Waals surface area contributed by atoms with Gasteiger partial charge in [-0.25, -0.2) is 4.79 Å². The molecule has 1 N–H and O–H groups in total. The van der Waals surface area contributed by atoms with Crippen LogP contribution in [-0.4, -0.2) is 24.5 Å². The van der Waals surface area contributed by atoms with Gasteiger partial charge in [-0.3, -0.25) is 4.79 Å². The summed E-state index contributed by atoms with van der Waals surface area (Å²) < 4.78 is 11.1. The molecule has 3 aromatic carbocycles. The van der Waals surface area contributed by atoms with Crippen LogP contribution in [0.15, 0.2) is 69.9 Å². The van der Waals surface area contributed by atoms with E-state index in [0.29, 0.717) is 32.9 Å². The van der Waals surface area contributed by atoms with Crippen molar-refractivity contribution in [2.45, 2.75) is 19.4 Å². The molecule has 0 radical (unpaired) electrons. The zero-order valence-electron chi connectivity index (χ0n) is 17.6. The van der Waals surface area contributed by atoms with Crippen molar-refractivity contribution in [2.24, 2.45) is 0 Å². The van der Waals surface area contributed by atoms with E-state index in [9.17, 15) is 19.5 Å². The fourth-order valence-corrected chi connectivity index (χ4v) is 3.77. The monoisotopic (exact) mass is 464 g/mol. The lowest BCUT2D eigenvalue weighted by molar-refractivity contribution is -0.308. The van der Waals surface area contributed by atoms with Gasteiger partial charge < -0.3 is 24.4 Å². The molecule has 1 heterocycles. The van der Waals surface area contributed by atoms with Gasteiger partial charge in [-0.15, -0.1) is 0 Å². The molecule has 0 aliphatic rings. The lowest BCUT2D eigenvalue weighted by Gasteiger charge is -2.20. The van der Waals surface area contributed by atoms with Crippen molar-refractivity contribution in [3.05, 3.63) is 87.2 Å². The molecule has 33 heavy (non-hydrogen) atoms. The van der Waals surface area contributed by atoms with Gasteiger partial charge in [0.05, 0.1) is 17.4 Å². The van der Waals surface area contributed by atoms with Crippen molar-refractivity contribution < 1.29 is 23.8 Å². The molecule has 8 heteroatoms. The number of ether oxygens (including phenoxy) is 1. The third-order valence-electron chi connectivity index (χ3n) is 5.32. The second-order valence-corrected chi connectivity index (χ2v) is 8.00. The summed E-state index contributed by atoms with van der Waals surface area (Å²) in [6, 6.07) is 16.0. The van der Waals surface area contributed by atoms with E-state index >= 15 is 0 Å². The van der Waals surface area contributed by atoms with Gasteiger partial charge in [0.15, 0.2) is 6.61 Å². The zero-order chi connectivity index (χ0) is 23.5. The van der Waals surface area contributed by atoms with Crippen LogP contribution in [0.2, 0.25) is 5.02 Å². The van der Waals surface area contributed by atoms with Crippen LogP contribution in [0.1, 0.15) is 11.1 Å². The van der Waals surface area contributed by atoms with Gasteiger partial charge in [-0.05, 0) is 54.6 Å². The summed E-state index contributed by atoms with van der Waals surface area (Å²) >= 11 is 5.84. The molecule has 0 bridgehead atoms. The number of carboxylic acid groups (broad SMARTS) is 1. The predicted octanol–water partition coefficient (Wildman–Crippen LogP) is 2.76. The van der Waals surface area contributed by atoms with Crippen molar-refractivity contribution in [3.8, 4) is 5.75 Å². The number of benzene rings is 3. The largest absolute Gasteiger partial charge is 0.548 e. The Labute approximate surface area is 193 Å². The minimum absolute atomic E-state index is 0.0402. The molecule has 4 rings (SSSR count). The van der Waals surface area contributed by atoms with Gasteiger partial charge in [0.2, 0.25) is 0 Å². The minimum atomic E-state index is -1.41. The van der Waals surface area contributed by atoms with E-state index in [4.69, 9.17) is 20.8 Å². The number of fused-ring (bicyclic) bond motifs is 3. The number of carboxylic acids is 1. The number of hydrogen-bond acceptors (Lipinski definition) is 6. The number of rotatable bonds is 7. The number of aryl methyl sites for hydroxylation is 1. The molecule has 1 aromatic heterocycles.